The van der Waals surface area contributed by atoms with Crippen LogP contribution in [0.5, 0.6) is 0 Å². The Morgan fingerprint density at radius 1 is 1.45 bits per heavy atom. The lowest BCUT2D eigenvalue weighted by Crippen LogP contribution is -2.28. The Balaban J connectivity index is 1.98. The van der Waals surface area contributed by atoms with E-state index in [1.165, 1.54) is 11.3 Å². The maximum absolute atomic E-state index is 12.2. The van der Waals surface area contributed by atoms with Crippen molar-refractivity contribution in [2.24, 2.45) is 0 Å². The normalized spacial score (nSPS) is 11.9. The second-order valence-corrected chi connectivity index (χ2v) is 7.15. The van der Waals surface area contributed by atoms with Gasteiger partial charge in [0.25, 0.3) is 0 Å². The van der Waals surface area contributed by atoms with E-state index in [-0.39, 0.29) is 0 Å². The Hall–Kier alpha value is -1.22. The van der Waals surface area contributed by atoms with Gasteiger partial charge < -0.3 is 5.32 Å². The van der Waals surface area contributed by atoms with Crippen LogP contribution in [0.2, 0.25) is 0 Å². The highest BCUT2D eigenvalue weighted by atomic mass is 32.2. The molecule has 0 aromatic carbocycles. The molecule has 0 unspecified atom stereocenters. The Kier molecular flexibility index (Phi) is 4.92. The molecular formula is C12H18N4O2S2. The first kappa shape index (κ1) is 15.2. The lowest BCUT2D eigenvalue weighted by atomic mass is 10.4. The van der Waals surface area contributed by atoms with Crippen LogP contribution in [-0.4, -0.2) is 31.8 Å². The summed E-state index contributed by atoms with van der Waals surface area (Å²) in [5.41, 5.74) is 1.06. The molecule has 20 heavy (non-hydrogen) atoms. The van der Waals surface area contributed by atoms with Crippen molar-refractivity contribution in [2.75, 3.05) is 13.6 Å². The van der Waals surface area contributed by atoms with Gasteiger partial charge in [-0.1, -0.05) is 0 Å². The van der Waals surface area contributed by atoms with Crippen molar-refractivity contribution in [2.45, 2.75) is 24.9 Å². The maximum Gasteiger partial charge on any atom is 0.241 e. The second-order valence-electron chi connectivity index (χ2n) is 4.42. The number of sulfonamides is 1. The molecule has 0 aliphatic carbocycles. The van der Waals surface area contributed by atoms with E-state index in [4.69, 9.17) is 0 Å². The molecule has 2 aromatic heterocycles. The largest absolute Gasteiger partial charge is 0.315 e. The molecule has 0 saturated carbocycles. The monoisotopic (exact) mass is 314 g/mol. The maximum atomic E-state index is 12.2. The molecule has 2 rings (SSSR count). The van der Waals surface area contributed by atoms with Gasteiger partial charge >= 0.3 is 0 Å². The summed E-state index contributed by atoms with van der Waals surface area (Å²) >= 11 is 1.43. The topological polar surface area (TPSA) is 76.0 Å². The van der Waals surface area contributed by atoms with E-state index < -0.39 is 10.0 Å². The van der Waals surface area contributed by atoms with Gasteiger partial charge in [-0.25, -0.2) is 13.1 Å². The second kappa shape index (κ2) is 6.49. The van der Waals surface area contributed by atoms with Crippen LogP contribution in [0.15, 0.2) is 28.7 Å². The smallest absolute Gasteiger partial charge is 0.241 e. The lowest BCUT2D eigenvalue weighted by Gasteiger charge is -2.07. The number of aromatic nitrogens is 2. The van der Waals surface area contributed by atoms with Gasteiger partial charge in [0.15, 0.2) is 0 Å². The fourth-order valence-electron chi connectivity index (χ4n) is 1.82. The zero-order valence-corrected chi connectivity index (χ0v) is 13.1. The standard InChI is InChI=1S/C12H18N4O2S2/c1-10-7-14-16(9-10)5-4-15-20(17,18)12-3-6-19-11(12)8-13-2/h3,6-7,9,13,15H,4-5,8H2,1-2H3. The van der Waals surface area contributed by atoms with Crippen LogP contribution in [-0.2, 0) is 23.1 Å². The molecule has 0 atom stereocenters. The van der Waals surface area contributed by atoms with Crippen LogP contribution in [0, 0.1) is 6.92 Å². The van der Waals surface area contributed by atoms with E-state index in [0.717, 1.165) is 10.4 Å². The lowest BCUT2D eigenvalue weighted by molar-refractivity contribution is 0.560. The molecule has 0 fully saturated rings. The molecule has 0 spiro atoms. The number of hydrogen-bond acceptors (Lipinski definition) is 5. The third-order valence-corrected chi connectivity index (χ3v) is 5.32. The van der Waals surface area contributed by atoms with Crippen LogP contribution >= 0.6 is 11.3 Å². The molecule has 0 aliphatic rings. The van der Waals surface area contributed by atoms with Crippen LogP contribution in [0.25, 0.3) is 0 Å². The predicted octanol–water partition coefficient (Wildman–Crippen LogP) is 0.951. The van der Waals surface area contributed by atoms with E-state index in [2.05, 4.69) is 15.1 Å². The number of aryl methyl sites for hydroxylation is 1. The summed E-state index contributed by atoms with van der Waals surface area (Å²) in [7, 11) is -1.66. The van der Waals surface area contributed by atoms with Crippen molar-refractivity contribution in [3.8, 4) is 0 Å². The van der Waals surface area contributed by atoms with Crippen molar-refractivity contribution in [1.29, 1.82) is 0 Å². The third kappa shape index (κ3) is 3.66. The number of thiophene rings is 1. The Morgan fingerprint density at radius 3 is 2.90 bits per heavy atom. The number of nitrogens with one attached hydrogen (secondary N) is 2. The quantitative estimate of drug-likeness (QED) is 0.798. The summed E-state index contributed by atoms with van der Waals surface area (Å²) in [6, 6.07) is 1.64. The molecule has 0 saturated heterocycles. The van der Waals surface area contributed by atoms with Gasteiger partial charge in [0.05, 0.1) is 17.6 Å². The molecular weight excluding hydrogens is 296 g/mol. The van der Waals surface area contributed by atoms with E-state index in [1.54, 1.807) is 29.4 Å². The molecule has 8 heteroatoms. The Labute approximate surface area is 122 Å². The highest BCUT2D eigenvalue weighted by molar-refractivity contribution is 7.89. The van der Waals surface area contributed by atoms with Crippen molar-refractivity contribution >= 4 is 21.4 Å². The van der Waals surface area contributed by atoms with Crippen molar-refractivity contribution < 1.29 is 8.42 Å². The SMILES string of the molecule is CNCc1sccc1S(=O)(=O)NCCn1cc(C)cn1. The van der Waals surface area contributed by atoms with E-state index in [1.807, 2.05) is 13.1 Å². The van der Waals surface area contributed by atoms with Gasteiger partial charge in [-0.15, -0.1) is 11.3 Å². The molecule has 6 nitrogen and oxygen atoms in total. The summed E-state index contributed by atoms with van der Waals surface area (Å²) in [6.07, 6.45) is 3.63. The number of rotatable bonds is 7. The summed E-state index contributed by atoms with van der Waals surface area (Å²) in [5.74, 6) is 0. The van der Waals surface area contributed by atoms with Crippen LogP contribution in [0.4, 0.5) is 0 Å². The minimum absolute atomic E-state index is 0.318. The predicted molar refractivity (Wildman–Crippen MR) is 79.2 cm³/mol. The summed E-state index contributed by atoms with van der Waals surface area (Å²) in [6.45, 7) is 3.33. The Bertz CT molecular complexity index is 661. The molecule has 0 aliphatic heterocycles. The van der Waals surface area contributed by atoms with Gasteiger partial charge in [-0.2, -0.15) is 5.10 Å². The van der Waals surface area contributed by atoms with Gasteiger partial charge in [0.1, 0.15) is 0 Å². The summed E-state index contributed by atoms with van der Waals surface area (Å²) in [5, 5.41) is 8.88. The van der Waals surface area contributed by atoms with E-state index in [9.17, 15) is 8.42 Å². The van der Waals surface area contributed by atoms with Crippen LogP contribution < -0.4 is 10.0 Å². The molecule has 0 radical (unpaired) electrons. The molecule has 110 valence electrons. The summed E-state index contributed by atoms with van der Waals surface area (Å²) < 4.78 is 28.8. The molecule has 2 heterocycles. The van der Waals surface area contributed by atoms with Crippen molar-refractivity contribution in [1.82, 2.24) is 19.8 Å². The molecule has 0 amide bonds. The van der Waals surface area contributed by atoms with Crippen molar-refractivity contribution in [3.63, 3.8) is 0 Å². The first-order valence-electron chi connectivity index (χ1n) is 6.22. The van der Waals surface area contributed by atoms with Crippen LogP contribution in [0.1, 0.15) is 10.4 Å². The molecule has 2 aromatic rings. The fourth-order valence-corrected chi connectivity index (χ4v) is 4.29. The van der Waals surface area contributed by atoms with E-state index in [0.29, 0.717) is 24.5 Å². The minimum Gasteiger partial charge on any atom is -0.315 e. The highest BCUT2D eigenvalue weighted by Gasteiger charge is 2.18. The number of nitrogens with zero attached hydrogens (tertiary/aromatic N) is 2. The average Bonchev–Trinajstić information content (AvgIpc) is 2.99. The first-order valence-corrected chi connectivity index (χ1v) is 8.59. The van der Waals surface area contributed by atoms with Gasteiger partial charge in [0.2, 0.25) is 10.0 Å². The highest BCUT2D eigenvalue weighted by Crippen LogP contribution is 2.21. The minimum atomic E-state index is -3.45. The molecule has 0 bridgehead atoms. The van der Waals surface area contributed by atoms with Gasteiger partial charge in [0, 0.05) is 24.2 Å². The number of hydrogen-bond donors (Lipinski definition) is 2. The summed E-state index contributed by atoms with van der Waals surface area (Å²) in [4.78, 5) is 1.17. The first-order chi connectivity index (χ1) is 9.53. The van der Waals surface area contributed by atoms with E-state index >= 15 is 0 Å². The van der Waals surface area contributed by atoms with Gasteiger partial charge in [-0.05, 0) is 31.0 Å². The fraction of sp³-hybridized carbons (Fsp3) is 0.417. The van der Waals surface area contributed by atoms with Gasteiger partial charge in [-0.3, -0.25) is 4.68 Å². The Morgan fingerprint density at radius 2 is 2.25 bits per heavy atom. The average molecular weight is 314 g/mol. The zero-order valence-electron chi connectivity index (χ0n) is 11.5. The van der Waals surface area contributed by atoms with Crippen molar-refractivity contribution in [3.05, 3.63) is 34.3 Å². The molecule has 2 N–H and O–H groups in total. The van der Waals surface area contributed by atoms with Crippen LogP contribution in [0.3, 0.4) is 0 Å². The zero-order chi connectivity index (χ0) is 14.6. The third-order valence-electron chi connectivity index (χ3n) is 2.73.